The van der Waals surface area contributed by atoms with Crippen molar-refractivity contribution >= 4 is 21.7 Å². The Morgan fingerprint density at radius 2 is 2.05 bits per heavy atom. The molecule has 112 valence electrons. The van der Waals surface area contributed by atoms with Gasteiger partial charge >= 0.3 is 5.97 Å². The number of aliphatic hydroxyl groups excluding tert-OH is 1. The molecule has 0 radical (unpaired) electrons. The third kappa shape index (κ3) is 3.47. The first-order valence-electron chi connectivity index (χ1n) is 6.08. The standard InChI is InChI=1S/C12H18N2O5S/c1-2-14(6-3-7-15)20(18,19)11-5-4-9(13)8-10(11)12(16)17/h4-5,8,15H,2-3,6-7,13H2,1H3,(H,16,17). The minimum atomic E-state index is -3.93. The Labute approximate surface area is 117 Å². The van der Waals surface area contributed by atoms with Gasteiger partial charge in [-0.25, -0.2) is 13.2 Å². The number of nitrogen functional groups attached to an aromatic ring is 1. The van der Waals surface area contributed by atoms with Crippen molar-refractivity contribution in [1.29, 1.82) is 0 Å². The first-order valence-corrected chi connectivity index (χ1v) is 7.52. The van der Waals surface area contributed by atoms with Crippen LogP contribution in [0.1, 0.15) is 23.7 Å². The van der Waals surface area contributed by atoms with Crippen LogP contribution in [0.2, 0.25) is 0 Å². The molecule has 0 aromatic heterocycles. The normalized spacial score (nSPS) is 11.8. The molecule has 4 N–H and O–H groups in total. The molecule has 0 saturated carbocycles. The molecule has 20 heavy (non-hydrogen) atoms. The molecule has 1 aromatic rings. The van der Waals surface area contributed by atoms with Crippen LogP contribution in [0.3, 0.4) is 0 Å². The molecule has 0 aliphatic carbocycles. The number of hydrogen-bond acceptors (Lipinski definition) is 5. The van der Waals surface area contributed by atoms with Crippen LogP contribution < -0.4 is 5.73 Å². The molecule has 7 nitrogen and oxygen atoms in total. The van der Waals surface area contributed by atoms with Crippen LogP contribution in [0.4, 0.5) is 5.69 Å². The average molecular weight is 302 g/mol. The first kappa shape index (κ1) is 16.4. The Morgan fingerprint density at radius 3 is 2.55 bits per heavy atom. The SMILES string of the molecule is CCN(CCCO)S(=O)(=O)c1ccc(N)cc1C(=O)O. The van der Waals surface area contributed by atoms with Crippen LogP contribution >= 0.6 is 0 Å². The van der Waals surface area contributed by atoms with Gasteiger partial charge in [-0.2, -0.15) is 4.31 Å². The smallest absolute Gasteiger partial charge is 0.337 e. The number of benzene rings is 1. The third-order valence-corrected chi connectivity index (χ3v) is 4.80. The van der Waals surface area contributed by atoms with E-state index in [0.29, 0.717) is 0 Å². The number of rotatable bonds is 7. The highest BCUT2D eigenvalue weighted by Crippen LogP contribution is 2.22. The Hall–Kier alpha value is -1.64. The number of hydrogen-bond donors (Lipinski definition) is 3. The molecule has 0 saturated heterocycles. The summed E-state index contributed by atoms with van der Waals surface area (Å²) >= 11 is 0. The molecule has 0 aliphatic heterocycles. The second-order valence-electron chi connectivity index (χ2n) is 4.13. The molecular formula is C12H18N2O5S. The van der Waals surface area contributed by atoms with Gasteiger partial charge in [-0.3, -0.25) is 0 Å². The van der Waals surface area contributed by atoms with Gasteiger partial charge in [0, 0.05) is 25.4 Å². The number of carbonyl (C=O) groups is 1. The maximum Gasteiger partial charge on any atom is 0.337 e. The number of aromatic carboxylic acids is 1. The van der Waals surface area contributed by atoms with Gasteiger partial charge in [0.2, 0.25) is 10.0 Å². The Balaban J connectivity index is 3.30. The quantitative estimate of drug-likeness (QED) is 0.625. The van der Waals surface area contributed by atoms with Gasteiger partial charge in [-0.1, -0.05) is 6.92 Å². The summed E-state index contributed by atoms with van der Waals surface area (Å²) in [7, 11) is -3.93. The monoisotopic (exact) mass is 302 g/mol. The number of sulfonamides is 1. The van der Waals surface area contributed by atoms with Crippen LogP contribution in [-0.2, 0) is 10.0 Å². The van der Waals surface area contributed by atoms with E-state index in [9.17, 15) is 13.2 Å². The van der Waals surface area contributed by atoms with Crippen LogP contribution in [0, 0.1) is 0 Å². The lowest BCUT2D eigenvalue weighted by Gasteiger charge is -2.21. The molecule has 0 atom stereocenters. The summed E-state index contributed by atoms with van der Waals surface area (Å²) in [5, 5.41) is 17.9. The molecule has 8 heteroatoms. The zero-order chi connectivity index (χ0) is 15.3. The maximum atomic E-state index is 12.4. The maximum absolute atomic E-state index is 12.4. The lowest BCUT2D eigenvalue weighted by atomic mass is 10.2. The fourth-order valence-electron chi connectivity index (χ4n) is 1.77. The number of aliphatic hydroxyl groups is 1. The minimum Gasteiger partial charge on any atom is -0.478 e. The molecule has 0 aliphatic rings. The average Bonchev–Trinajstić information content (AvgIpc) is 2.38. The summed E-state index contributed by atoms with van der Waals surface area (Å²) in [4.78, 5) is 10.9. The van der Waals surface area contributed by atoms with Crippen molar-refractivity contribution in [1.82, 2.24) is 4.31 Å². The Morgan fingerprint density at radius 1 is 1.40 bits per heavy atom. The summed E-state index contributed by atoms with van der Waals surface area (Å²) in [6.07, 6.45) is 0.282. The van der Waals surface area contributed by atoms with Gasteiger partial charge in [0.15, 0.2) is 0 Å². The van der Waals surface area contributed by atoms with E-state index in [1.807, 2.05) is 0 Å². The number of anilines is 1. The second-order valence-corrected chi connectivity index (χ2v) is 6.04. The fourth-order valence-corrected chi connectivity index (χ4v) is 3.43. The zero-order valence-electron chi connectivity index (χ0n) is 11.1. The third-order valence-electron chi connectivity index (χ3n) is 2.77. The predicted octanol–water partition coefficient (Wildman–Crippen LogP) is 0.360. The van der Waals surface area contributed by atoms with Gasteiger partial charge in [0.05, 0.1) is 10.5 Å². The summed E-state index contributed by atoms with van der Waals surface area (Å²) in [6, 6.07) is 3.66. The molecule has 1 aromatic carbocycles. The number of carboxylic acids is 1. The van der Waals surface area contributed by atoms with E-state index >= 15 is 0 Å². The largest absolute Gasteiger partial charge is 0.478 e. The summed E-state index contributed by atoms with van der Waals surface area (Å²) in [5.74, 6) is -1.35. The lowest BCUT2D eigenvalue weighted by Crippen LogP contribution is -2.33. The van der Waals surface area contributed by atoms with E-state index in [1.165, 1.54) is 12.1 Å². The van der Waals surface area contributed by atoms with E-state index in [0.717, 1.165) is 10.4 Å². The second kappa shape index (κ2) is 6.69. The minimum absolute atomic E-state index is 0.124. The van der Waals surface area contributed by atoms with E-state index < -0.39 is 16.0 Å². The van der Waals surface area contributed by atoms with Gasteiger partial charge in [-0.15, -0.1) is 0 Å². The van der Waals surface area contributed by atoms with Crippen molar-refractivity contribution in [2.75, 3.05) is 25.4 Å². The van der Waals surface area contributed by atoms with E-state index in [-0.39, 0.29) is 42.3 Å². The molecule has 0 fully saturated rings. The summed E-state index contributed by atoms with van der Waals surface area (Å²) in [5.41, 5.74) is 5.32. The summed E-state index contributed by atoms with van der Waals surface area (Å²) < 4.78 is 26.0. The van der Waals surface area contributed by atoms with Crippen LogP contribution in [0.25, 0.3) is 0 Å². The van der Waals surface area contributed by atoms with Gasteiger partial charge in [0.1, 0.15) is 0 Å². The van der Waals surface area contributed by atoms with Crippen molar-refractivity contribution in [2.24, 2.45) is 0 Å². The van der Waals surface area contributed by atoms with Crippen molar-refractivity contribution in [2.45, 2.75) is 18.2 Å². The van der Waals surface area contributed by atoms with Crippen LogP contribution in [0.15, 0.2) is 23.1 Å². The summed E-state index contributed by atoms with van der Waals surface area (Å²) in [6.45, 7) is 1.82. The Kier molecular flexibility index (Phi) is 5.49. The fraction of sp³-hybridized carbons (Fsp3) is 0.417. The van der Waals surface area contributed by atoms with E-state index in [1.54, 1.807) is 6.92 Å². The number of carboxylic acid groups (broad SMARTS) is 1. The van der Waals surface area contributed by atoms with Gasteiger partial charge in [-0.05, 0) is 24.6 Å². The zero-order valence-corrected chi connectivity index (χ0v) is 11.9. The first-order chi connectivity index (χ1) is 9.34. The van der Waals surface area contributed by atoms with Crippen molar-refractivity contribution < 1.29 is 23.4 Å². The van der Waals surface area contributed by atoms with Crippen LogP contribution in [0.5, 0.6) is 0 Å². The Bertz CT molecular complexity index is 586. The van der Waals surface area contributed by atoms with Gasteiger partial charge in [0.25, 0.3) is 0 Å². The highest BCUT2D eigenvalue weighted by Gasteiger charge is 2.27. The van der Waals surface area contributed by atoms with Crippen molar-refractivity contribution in [3.63, 3.8) is 0 Å². The van der Waals surface area contributed by atoms with Crippen LogP contribution in [-0.4, -0.2) is 48.6 Å². The molecule has 0 spiro atoms. The highest BCUT2D eigenvalue weighted by molar-refractivity contribution is 7.89. The lowest BCUT2D eigenvalue weighted by molar-refractivity contribution is 0.0692. The molecule has 1 rings (SSSR count). The van der Waals surface area contributed by atoms with E-state index in [4.69, 9.17) is 15.9 Å². The predicted molar refractivity (Wildman–Crippen MR) is 73.9 cm³/mol. The van der Waals surface area contributed by atoms with E-state index in [2.05, 4.69) is 0 Å². The molecule has 0 amide bonds. The van der Waals surface area contributed by atoms with Crippen molar-refractivity contribution in [3.05, 3.63) is 23.8 Å². The molecule has 0 bridgehead atoms. The molecular weight excluding hydrogens is 284 g/mol. The molecule has 0 heterocycles. The van der Waals surface area contributed by atoms with Gasteiger partial charge < -0.3 is 15.9 Å². The molecule has 0 unspecified atom stereocenters. The topological polar surface area (TPSA) is 121 Å². The number of nitrogens with zero attached hydrogens (tertiary/aromatic N) is 1. The van der Waals surface area contributed by atoms with Crippen molar-refractivity contribution in [3.8, 4) is 0 Å². The highest BCUT2D eigenvalue weighted by atomic mass is 32.2. The number of nitrogens with two attached hydrogens (primary N) is 1.